The molecule has 3 aromatic rings. The highest BCUT2D eigenvalue weighted by Crippen LogP contribution is 2.36. The maximum Gasteiger partial charge on any atom is 0.243 e. The van der Waals surface area contributed by atoms with Crippen molar-refractivity contribution in [2.75, 3.05) is 6.61 Å². The molecule has 8 nitrogen and oxygen atoms in total. The number of amides is 1. The smallest absolute Gasteiger partial charge is 0.243 e. The third-order valence-corrected chi connectivity index (χ3v) is 5.51. The summed E-state index contributed by atoms with van der Waals surface area (Å²) >= 11 is 3.48. The minimum atomic E-state index is -0.394. The Bertz CT molecular complexity index is 1190. The van der Waals surface area contributed by atoms with E-state index in [1.54, 1.807) is 5.48 Å². The predicted molar refractivity (Wildman–Crippen MR) is 121 cm³/mol. The van der Waals surface area contributed by atoms with Gasteiger partial charge in [0.15, 0.2) is 5.88 Å². The van der Waals surface area contributed by atoms with Crippen LogP contribution in [0.25, 0.3) is 10.9 Å². The molecule has 31 heavy (non-hydrogen) atoms. The minimum Gasteiger partial charge on any atom is -0.494 e. The molecule has 0 radical (unpaired) electrons. The van der Waals surface area contributed by atoms with Crippen LogP contribution < -0.4 is 5.48 Å². The molecular weight excluding hydrogens is 464 g/mol. The molecule has 4 N–H and O–H groups in total. The topological polar surface area (TPSA) is 119 Å². The van der Waals surface area contributed by atoms with E-state index in [-0.39, 0.29) is 12.3 Å². The highest BCUT2D eigenvalue weighted by molar-refractivity contribution is 9.10. The summed E-state index contributed by atoms with van der Waals surface area (Å²) in [6.45, 7) is 0.380. The summed E-state index contributed by atoms with van der Waals surface area (Å²) in [6, 6.07) is 13.3. The second-order valence-corrected chi connectivity index (χ2v) is 8.05. The number of hydrogen-bond acceptors (Lipinski definition) is 6. The number of nitrogens with zero attached hydrogens (tertiary/aromatic N) is 2. The number of carbonyl (C=O) groups excluding carboxylic acids is 1. The fraction of sp³-hybridized carbons (Fsp3) is 0.227. The number of fused-ring (bicyclic) bond motifs is 2. The molecule has 0 fully saturated rings. The zero-order valence-electron chi connectivity index (χ0n) is 16.6. The van der Waals surface area contributed by atoms with Gasteiger partial charge in [-0.05, 0) is 43.5 Å². The standard InChI is InChI=1S/C22H21BrN4O4/c23-13-9-10-17-15(12-13)19(22(29)25-17)21-20(14-6-3-4-7-16(14)24-21)27-31-11-5-1-2-8-18(28)26-30/h3-4,6-7,9-10,12,25,29-30H,1-2,5,8,11H2,(H,26,28)/b27-20+. The van der Waals surface area contributed by atoms with Crippen molar-refractivity contribution in [3.63, 3.8) is 0 Å². The van der Waals surface area contributed by atoms with Gasteiger partial charge in [-0.1, -0.05) is 39.3 Å². The number of unbranched alkanes of at least 4 members (excludes halogenated alkanes) is 2. The number of carbonyl (C=O) groups is 1. The molecule has 0 spiro atoms. The Morgan fingerprint density at radius 1 is 1.19 bits per heavy atom. The molecule has 0 saturated heterocycles. The number of oxime groups is 1. The van der Waals surface area contributed by atoms with Gasteiger partial charge in [0.1, 0.15) is 18.0 Å². The van der Waals surface area contributed by atoms with Crippen molar-refractivity contribution in [3.05, 3.63) is 58.1 Å². The minimum absolute atomic E-state index is 0.0227. The summed E-state index contributed by atoms with van der Waals surface area (Å²) in [5, 5.41) is 24.3. The van der Waals surface area contributed by atoms with Gasteiger partial charge in [0, 0.05) is 27.4 Å². The number of para-hydroxylation sites is 1. The van der Waals surface area contributed by atoms with Gasteiger partial charge in [0.2, 0.25) is 5.91 Å². The van der Waals surface area contributed by atoms with Gasteiger partial charge in [-0.15, -0.1) is 0 Å². The summed E-state index contributed by atoms with van der Waals surface area (Å²) in [4.78, 5) is 24.3. The molecule has 1 aliphatic heterocycles. The van der Waals surface area contributed by atoms with E-state index in [1.807, 2.05) is 42.5 Å². The van der Waals surface area contributed by atoms with Crippen LogP contribution in [0.15, 0.2) is 57.1 Å². The maximum absolute atomic E-state index is 11.0. The fourth-order valence-corrected chi connectivity index (χ4v) is 3.88. The lowest BCUT2D eigenvalue weighted by Gasteiger charge is -2.06. The number of hydroxylamine groups is 1. The van der Waals surface area contributed by atoms with Crippen LogP contribution in [0.3, 0.4) is 0 Å². The molecular formula is C22H21BrN4O4. The van der Waals surface area contributed by atoms with Gasteiger partial charge in [0.25, 0.3) is 0 Å². The number of aliphatic imine (C=N–C) groups is 1. The molecule has 4 rings (SSSR count). The monoisotopic (exact) mass is 484 g/mol. The van der Waals surface area contributed by atoms with Crippen LogP contribution in [0.1, 0.15) is 36.8 Å². The Hall–Kier alpha value is -3.17. The second kappa shape index (κ2) is 9.32. The molecule has 2 aromatic carbocycles. The quantitative estimate of drug-likeness (QED) is 0.213. The Kier molecular flexibility index (Phi) is 6.34. The van der Waals surface area contributed by atoms with Crippen molar-refractivity contribution < 1.29 is 19.9 Å². The summed E-state index contributed by atoms with van der Waals surface area (Å²) in [5.41, 5.74) is 5.69. The summed E-state index contributed by atoms with van der Waals surface area (Å²) in [7, 11) is 0. The van der Waals surface area contributed by atoms with Crippen LogP contribution in [0.4, 0.5) is 5.69 Å². The first-order valence-electron chi connectivity index (χ1n) is 9.90. The third kappa shape index (κ3) is 4.47. The van der Waals surface area contributed by atoms with Gasteiger partial charge in [-0.3, -0.25) is 10.0 Å². The second-order valence-electron chi connectivity index (χ2n) is 7.13. The van der Waals surface area contributed by atoms with Gasteiger partial charge < -0.3 is 14.9 Å². The normalized spacial score (nSPS) is 14.0. The van der Waals surface area contributed by atoms with Gasteiger partial charge in [-0.25, -0.2) is 10.5 Å². The molecule has 0 bridgehead atoms. The average Bonchev–Trinajstić information content (AvgIpc) is 3.28. The van der Waals surface area contributed by atoms with E-state index in [2.05, 4.69) is 26.1 Å². The summed E-state index contributed by atoms with van der Waals surface area (Å²) < 4.78 is 0.890. The van der Waals surface area contributed by atoms with Crippen molar-refractivity contribution in [1.29, 1.82) is 0 Å². The van der Waals surface area contributed by atoms with E-state index in [1.165, 1.54) is 0 Å². The lowest BCUT2D eigenvalue weighted by Crippen LogP contribution is -2.17. The van der Waals surface area contributed by atoms with E-state index in [0.29, 0.717) is 30.0 Å². The number of halogens is 1. The van der Waals surface area contributed by atoms with E-state index in [0.717, 1.165) is 39.5 Å². The van der Waals surface area contributed by atoms with Crippen molar-refractivity contribution >= 4 is 49.9 Å². The lowest BCUT2D eigenvalue weighted by atomic mass is 10.0. The summed E-state index contributed by atoms with van der Waals surface area (Å²) in [6.07, 6.45) is 2.41. The Morgan fingerprint density at radius 2 is 2.03 bits per heavy atom. The largest absolute Gasteiger partial charge is 0.494 e. The Balaban J connectivity index is 1.55. The Morgan fingerprint density at radius 3 is 2.87 bits per heavy atom. The number of aromatic nitrogens is 1. The number of rotatable bonds is 8. The van der Waals surface area contributed by atoms with Crippen LogP contribution in [0.2, 0.25) is 0 Å². The van der Waals surface area contributed by atoms with Gasteiger partial charge >= 0.3 is 0 Å². The fourth-order valence-electron chi connectivity index (χ4n) is 3.52. The lowest BCUT2D eigenvalue weighted by molar-refractivity contribution is -0.129. The highest BCUT2D eigenvalue weighted by atomic mass is 79.9. The average molecular weight is 485 g/mol. The zero-order valence-corrected chi connectivity index (χ0v) is 18.1. The van der Waals surface area contributed by atoms with E-state index < -0.39 is 5.91 Å². The van der Waals surface area contributed by atoms with Crippen LogP contribution in [-0.2, 0) is 9.63 Å². The molecule has 1 aliphatic rings. The van der Waals surface area contributed by atoms with Crippen LogP contribution in [0, 0.1) is 0 Å². The molecule has 9 heteroatoms. The van der Waals surface area contributed by atoms with E-state index in [4.69, 9.17) is 15.0 Å². The van der Waals surface area contributed by atoms with Gasteiger partial charge in [0.05, 0.1) is 11.3 Å². The first kappa shape index (κ1) is 21.1. The maximum atomic E-state index is 11.0. The van der Waals surface area contributed by atoms with Crippen molar-refractivity contribution in [2.24, 2.45) is 10.1 Å². The number of H-pyrrole nitrogens is 1. The van der Waals surface area contributed by atoms with Crippen LogP contribution in [-0.4, -0.2) is 39.2 Å². The molecule has 160 valence electrons. The molecule has 1 aromatic heterocycles. The third-order valence-electron chi connectivity index (χ3n) is 5.01. The van der Waals surface area contributed by atoms with Crippen molar-refractivity contribution in [3.8, 4) is 5.88 Å². The highest BCUT2D eigenvalue weighted by Gasteiger charge is 2.29. The van der Waals surface area contributed by atoms with Crippen molar-refractivity contribution in [1.82, 2.24) is 10.5 Å². The summed E-state index contributed by atoms with van der Waals surface area (Å²) in [5.74, 6) is -0.371. The van der Waals surface area contributed by atoms with E-state index >= 15 is 0 Å². The Labute approximate surface area is 186 Å². The molecule has 2 heterocycles. The number of benzene rings is 2. The van der Waals surface area contributed by atoms with Crippen LogP contribution in [0.5, 0.6) is 5.88 Å². The number of aromatic amines is 1. The first-order valence-corrected chi connectivity index (χ1v) is 10.7. The molecule has 0 atom stereocenters. The van der Waals surface area contributed by atoms with Crippen molar-refractivity contribution in [2.45, 2.75) is 25.7 Å². The number of nitrogens with one attached hydrogen (secondary N) is 2. The van der Waals surface area contributed by atoms with Crippen LogP contribution >= 0.6 is 15.9 Å². The first-order chi connectivity index (χ1) is 15.1. The van der Waals surface area contributed by atoms with E-state index in [9.17, 15) is 9.90 Å². The van der Waals surface area contributed by atoms with Gasteiger partial charge in [-0.2, -0.15) is 0 Å². The molecule has 0 aliphatic carbocycles. The molecule has 0 unspecified atom stereocenters. The molecule has 1 amide bonds. The number of hydrogen-bond donors (Lipinski definition) is 4. The SMILES string of the molecule is O=C(CCCCCO/N=C1/C(c2c(O)[nH]c3ccc(Br)cc23)=Nc2ccccc21)NO. The molecule has 0 saturated carbocycles. The number of aromatic hydroxyl groups is 1. The zero-order chi connectivity index (χ0) is 21.8. The predicted octanol–water partition coefficient (Wildman–Crippen LogP) is 4.56.